The summed E-state index contributed by atoms with van der Waals surface area (Å²) in [5.41, 5.74) is 1.18. The molecule has 3 rings (SSSR count). The summed E-state index contributed by atoms with van der Waals surface area (Å²) in [4.78, 5) is 26.9. The van der Waals surface area contributed by atoms with E-state index in [-0.39, 0.29) is 24.4 Å². The normalized spacial score (nSPS) is 18.9. The second-order valence-electron chi connectivity index (χ2n) is 8.32. The molecule has 1 atom stereocenters. The fourth-order valence-electron chi connectivity index (χ4n) is 4.51. The molecule has 2 aliphatic rings. The Morgan fingerprint density at radius 1 is 1.00 bits per heavy atom. The maximum Gasteiger partial charge on any atom is 0.239 e. The standard InChI is InChI=1S/C23H35N3O3/c1-29-20-11-9-19(10-12-20)21(26-13-5-6-14-26)16-24-23(28)17-25-22(27)15-18-7-3-2-4-8-18/h9-12,18,21H,2-8,13-17H2,1H3,(H,24,28)(H,25,27). The molecule has 0 aromatic heterocycles. The Morgan fingerprint density at radius 2 is 1.69 bits per heavy atom. The first kappa shape index (κ1) is 21.6. The van der Waals surface area contributed by atoms with Crippen LogP contribution in [-0.4, -0.2) is 50.0 Å². The van der Waals surface area contributed by atoms with E-state index in [9.17, 15) is 9.59 Å². The molecule has 0 bridgehead atoms. The lowest BCUT2D eigenvalue weighted by Crippen LogP contribution is -2.41. The molecule has 1 heterocycles. The molecular formula is C23H35N3O3. The van der Waals surface area contributed by atoms with Crippen molar-refractivity contribution in [3.63, 3.8) is 0 Å². The van der Waals surface area contributed by atoms with Crippen LogP contribution in [0.4, 0.5) is 0 Å². The number of likely N-dealkylation sites (tertiary alicyclic amines) is 1. The molecular weight excluding hydrogens is 366 g/mol. The zero-order valence-electron chi connectivity index (χ0n) is 17.6. The van der Waals surface area contributed by atoms with Crippen LogP contribution in [0.15, 0.2) is 24.3 Å². The number of amides is 2. The molecule has 6 heteroatoms. The highest BCUT2D eigenvalue weighted by atomic mass is 16.5. The Balaban J connectivity index is 1.46. The van der Waals surface area contributed by atoms with Crippen LogP contribution in [0.2, 0.25) is 0 Å². The SMILES string of the molecule is COc1ccc(C(CNC(=O)CNC(=O)CC2CCCCC2)N2CCCC2)cc1. The number of carbonyl (C=O) groups is 2. The van der Waals surface area contributed by atoms with E-state index in [0.717, 1.165) is 31.7 Å². The van der Waals surface area contributed by atoms with Crippen LogP contribution in [0.5, 0.6) is 5.75 Å². The van der Waals surface area contributed by atoms with Gasteiger partial charge in [-0.25, -0.2) is 0 Å². The van der Waals surface area contributed by atoms with Gasteiger partial charge in [-0.1, -0.05) is 31.4 Å². The molecule has 1 saturated carbocycles. The van der Waals surface area contributed by atoms with Crippen LogP contribution in [0, 0.1) is 5.92 Å². The zero-order chi connectivity index (χ0) is 20.5. The molecule has 1 saturated heterocycles. The van der Waals surface area contributed by atoms with Gasteiger partial charge in [-0.05, 0) is 62.4 Å². The number of methoxy groups -OCH3 is 1. The van der Waals surface area contributed by atoms with Crippen LogP contribution in [-0.2, 0) is 9.59 Å². The summed E-state index contributed by atoms with van der Waals surface area (Å²) in [6.07, 6.45) is 8.94. The largest absolute Gasteiger partial charge is 0.497 e. The van der Waals surface area contributed by atoms with Crippen LogP contribution in [0.1, 0.15) is 63.0 Å². The quantitative estimate of drug-likeness (QED) is 0.667. The fraction of sp³-hybridized carbons (Fsp3) is 0.652. The van der Waals surface area contributed by atoms with Crippen molar-refractivity contribution in [2.75, 3.05) is 33.3 Å². The van der Waals surface area contributed by atoms with Crippen molar-refractivity contribution in [3.05, 3.63) is 29.8 Å². The summed E-state index contributed by atoms with van der Waals surface area (Å²) in [6.45, 7) is 2.69. The molecule has 160 valence electrons. The Morgan fingerprint density at radius 3 is 2.34 bits per heavy atom. The van der Waals surface area contributed by atoms with Crippen molar-refractivity contribution in [1.29, 1.82) is 0 Å². The van der Waals surface area contributed by atoms with Crippen LogP contribution in [0.25, 0.3) is 0 Å². The van der Waals surface area contributed by atoms with Gasteiger partial charge < -0.3 is 15.4 Å². The van der Waals surface area contributed by atoms with Crippen molar-refractivity contribution in [2.45, 2.75) is 57.4 Å². The molecule has 2 N–H and O–H groups in total. The number of hydrogen-bond acceptors (Lipinski definition) is 4. The number of nitrogens with one attached hydrogen (secondary N) is 2. The summed E-state index contributed by atoms with van der Waals surface area (Å²) in [5, 5.41) is 5.82. The third kappa shape index (κ3) is 6.74. The minimum absolute atomic E-state index is 0.00158. The van der Waals surface area contributed by atoms with Gasteiger partial charge in [0.25, 0.3) is 0 Å². The summed E-state index contributed by atoms with van der Waals surface area (Å²) < 4.78 is 5.26. The van der Waals surface area contributed by atoms with Crippen molar-refractivity contribution in [3.8, 4) is 5.75 Å². The number of carbonyl (C=O) groups excluding carboxylic acids is 2. The summed E-state index contributed by atoms with van der Waals surface area (Å²) in [5.74, 6) is 1.19. The summed E-state index contributed by atoms with van der Waals surface area (Å²) >= 11 is 0. The smallest absolute Gasteiger partial charge is 0.239 e. The lowest BCUT2D eigenvalue weighted by Gasteiger charge is -2.28. The number of benzene rings is 1. The molecule has 1 aromatic rings. The zero-order valence-corrected chi connectivity index (χ0v) is 17.6. The minimum atomic E-state index is -0.125. The van der Waals surface area contributed by atoms with Crippen molar-refractivity contribution < 1.29 is 14.3 Å². The second-order valence-corrected chi connectivity index (χ2v) is 8.32. The molecule has 2 amide bonds. The first-order chi connectivity index (χ1) is 14.2. The Labute approximate surface area is 174 Å². The Bertz CT molecular complexity index is 650. The monoisotopic (exact) mass is 401 g/mol. The number of hydrogen-bond donors (Lipinski definition) is 2. The fourth-order valence-corrected chi connectivity index (χ4v) is 4.51. The summed E-state index contributed by atoms with van der Waals surface area (Å²) in [6, 6.07) is 8.21. The van der Waals surface area contributed by atoms with E-state index < -0.39 is 0 Å². The van der Waals surface area contributed by atoms with Crippen molar-refractivity contribution in [2.24, 2.45) is 5.92 Å². The average molecular weight is 402 g/mol. The van der Waals surface area contributed by atoms with Gasteiger partial charge in [0.2, 0.25) is 11.8 Å². The van der Waals surface area contributed by atoms with Gasteiger partial charge in [-0.15, -0.1) is 0 Å². The van der Waals surface area contributed by atoms with Gasteiger partial charge in [0.15, 0.2) is 0 Å². The first-order valence-corrected chi connectivity index (χ1v) is 11.1. The molecule has 1 aliphatic heterocycles. The second kappa shape index (κ2) is 11.2. The van der Waals surface area contributed by atoms with E-state index in [1.165, 1.54) is 37.7 Å². The number of nitrogens with zero attached hydrogens (tertiary/aromatic N) is 1. The van der Waals surface area contributed by atoms with Crippen molar-refractivity contribution >= 4 is 11.8 Å². The molecule has 1 aliphatic carbocycles. The lowest BCUT2D eigenvalue weighted by atomic mass is 9.87. The van der Waals surface area contributed by atoms with Gasteiger partial charge in [0, 0.05) is 13.0 Å². The van der Waals surface area contributed by atoms with Gasteiger partial charge in [-0.2, -0.15) is 0 Å². The predicted molar refractivity (Wildman–Crippen MR) is 114 cm³/mol. The van der Waals surface area contributed by atoms with Crippen LogP contribution >= 0.6 is 0 Å². The Hall–Kier alpha value is -2.08. The summed E-state index contributed by atoms with van der Waals surface area (Å²) in [7, 11) is 1.66. The Kier molecular flexibility index (Phi) is 8.35. The maximum absolute atomic E-state index is 12.3. The molecule has 1 aromatic carbocycles. The molecule has 1 unspecified atom stereocenters. The topological polar surface area (TPSA) is 70.7 Å². The maximum atomic E-state index is 12.3. The molecule has 0 spiro atoms. The van der Waals surface area contributed by atoms with Crippen LogP contribution < -0.4 is 15.4 Å². The lowest BCUT2D eigenvalue weighted by molar-refractivity contribution is -0.126. The molecule has 2 fully saturated rings. The van der Waals surface area contributed by atoms with E-state index in [4.69, 9.17) is 4.74 Å². The van der Waals surface area contributed by atoms with E-state index in [2.05, 4.69) is 27.7 Å². The van der Waals surface area contributed by atoms with E-state index in [1.807, 2.05) is 12.1 Å². The predicted octanol–water partition coefficient (Wildman–Crippen LogP) is 3.03. The molecule has 0 radical (unpaired) electrons. The van der Waals surface area contributed by atoms with E-state index in [0.29, 0.717) is 18.9 Å². The average Bonchev–Trinajstić information content (AvgIpc) is 3.28. The van der Waals surface area contributed by atoms with Gasteiger partial charge in [-0.3, -0.25) is 14.5 Å². The third-order valence-corrected chi connectivity index (χ3v) is 6.22. The first-order valence-electron chi connectivity index (χ1n) is 11.1. The minimum Gasteiger partial charge on any atom is -0.497 e. The van der Waals surface area contributed by atoms with E-state index >= 15 is 0 Å². The highest BCUT2D eigenvalue weighted by molar-refractivity contribution is 5.84. The van der Waals surface area contributed by atoms with Gasteiger partial charge >= 0.3 is 0 Å². The molecule has 29 heavy (non-hydrogen) atoms. The van der Waals surface area contributed by atoms with E-state index in [1.54, 1.807) is 7.11 Å². The third-order valence-electron chi connectivity index (χ3n) is 6.22. The highest BCUT2D eigenvalue weighted by Gasteiger charge is 2.24. The highest BCUT2D eigenvalue weighted by Crippen LogP contribution is 2.27. The number of ether oxygens (including phenoxy) is 1. The van der Waals surface area contributed by atoms with Crippen molar-refractivity contribution in [1.82, 2.24) is 15.5 Å². The number of rotatable bonds is 9. The molecule has 6 nitrogen and oxygen atoms in total. The van der Waals surface area contributed by atoms with Gasteiger partial charge in [0.05, 0.1) is 19.7 Å². The van der Waals surface area contributed by atoms with Gasteiger partial charge in [0.1, 0.15) is 5.75 Å². The van der Waals surface area contributed by atoms with Crippen LogP contribution in [0.3, 0.4) is 0 Å².